The molecule has 1 saturated carbocycles. The number of urea groups is 1. The van der Waals surface area contributed by atoms with Crippen LogP contribution >= 0.6 is 0 Å². The van der Waals surface area contributed by atoms with Crippen molar-refractivity contribution in [1.82, 2.24) is 10.6 Å². The maximum atomic E-state index is 11.8. The molecule has 0 unspecified atom stereocenters. The smallest absolute Gasteiger partial charge is 0.374 e. The van der Waals surface area contributed by atoms with Crippen LogP contribution in [0.1, 0.15) is 49.6 Å². The minimum Gasteiger partial charge on any atom is -0.457 e. The first kappa shape index (κ1) is 16.1. The maximum Gasteiger partial charge on any atom is 0.374 e. The fourth-order valence-electron chi connectivity index (χ4n) is 2.35. The van der Waals surface area contributed by atoms with Crippen LogP contribution in [0, 0.1) is 0 Å². The van der Waals surface area contributed by atoms with E-state index in [1.807, 2.05) is 0 Å². The van der Waals surface area contributed by atoms with Crippen molar-refractivity contribution < 1.29 is 23.5 Å². The highest BCUT2D eigenvalue weighted by Crippen LogP contribution is 2.17. The highest BCUT2D eigenvalue weighted by Gasteiger charge is 2.23. The number of carbonyl (C=O) groups excluding carboxylic acids is 3. The molecule has 0 radical (unpaired) electrons. The molecule has 0 aliphatic heterocycles. The van der Waals surface area contributed by atoms with Gasteiger partial charge in [0.05, 0.1) is 6.26 Å². The van der Waals surface area contributed by atoms with E-state index in [0.717, 1.165) is 25.7 Å². The third-order valence-corrected chi connectivity index (χ3v) is 3.55. The van der Waals surface area contributed by atoms with Crippen molar-refractivity contribution in [1.29, 1.82) is 0 Å². The first-order valence-electron chi connectivity index (χ1n) is 7.42. The summed E-state index contributed by atoms with van der Waals surface area (Å²) in [5, 5.41) is 4.94. The number of ether oxygens (including phenoxy) is 1. The van der Waals surface area contributed by atoms with E-state index >= 15 is 0 Å². The molecule has 0 bridgehead atoms. The van der Waals surface area contributed by atoms with Crippen molar-refractivity contribution in [2.45, 2.75) is 51.2 Å². The maximum absolute atomic E-state index is 11.8. The lowest BCUT2D eigenvalue weighted by Crippen LogP contribution is -2.48. The van der Waals surface area contributed by atoms with E-state index in [0.29, 0.717) is 0 Å². The van der Waals surface area contributed by atoms with Gasteiger partial charge in [-0.25, -0.2) is 9.59 Å². The zero-order valence-corrected chi connectivity index (χ0v) is 12.5. The number of imide groups is 1. The van der Waals surface area contributed by atoms with Gasteiger partial charge in [-0.15, -0.1) is 0 Å². The third-order valence-electron chi connectivity index (χ3n) is 3.55. The summed E-state index contributed by atoms with van der Waals surface area (Å²) in [6, 6.07) is 2.52. The van der Waals surface area contributed by atoms with Crippen molar-refractivity contribution in [2.24, 2.45) is 0 Å². The first-order chi connectivity index (χ1) is 10.6. The van der Waals surface area contributed by atoms with Crippen molar-refractivity contribution >= 4 is 17.9 Å². The van der Waals surface area contributed by atoms with Crippen molar-refractivity contribution in [2.75, 3.05) is 0 Å². The summed E-state index contributed by atoms with van der Waals surface area (Å²) < 4.78 is 9.79. The topological polar surface area (TPSA) is 97.6 Å². The van der Waals surface area contributed by atoms with Gasteiger partial charge < -0.3 is 14.5 Å². The van der Waals surface area contributed by atoms with Crippen molar-refractivity contribution in [3.63, 3.8) is 0 Å². The van der Waals surface area contributed by atoms with E-state index < -0.39 is 24.0 Å². The van der Waals surface area contributed by atoms with Crippen LogP contribution in [0.2, 0.25) is 0 Å². The number of furan rings is 1. The summed E-state index contributed by atoms with van der Waals surface area (Å²) in [5.41, 5.74) is 0. The Bertz CT molecular complexity index is 520. The Hall–Kier alpha value is -2.31. The van der Waals surface area contributed by atoms with Crippen LogP contribution in [0.3, 0.4) is 0 Å². The second-order valence-electron chi connectivity index (χ2n) is 5.32. The van der Waals surface area contributed by atoms with E-state index in [1.54, 1.807) is 6.07 Å². The van der Waals surface area contributed by atoms with Crippen LogP contribution in [0.4, 0.5) is 4.79 Å². The van der Waals surface area contributed by atoms with Crippen LogP contribution in [0.25, 0.3) is 0 Å². The molecule has 7 heteroatoms. The molecular formula is C15H20N2O5. The molecule has 1 fully saturated rings. The summed E-state index contributed by atoms with van der Waals surface area (Å²) >= 11 is 0. The molecule has 0 saturated heterocycles. The van der Waals surface area contributed by atoms with E-state index in [4.69, 9.17) is 9.15 Å². The summed E-state index contributed by atoms with van der Waals surface area (Å²) in [6.07, 6.45) is 5.42. The standard InChI is InChI=1S/C15H20N2O5/c1-10(22-14(19)12-8-5-9-21-12)13(18)17-15(20)16-11-6-3-2-4-7-11/h5,8-11H,2-4,6-7H2,1H3,(H2,16,17,18,20)/t10-/m1/s1. The molecule has 1 aliphatic carbocycles. The van der Waals surface area contributed by atoms with Crippen LogP contribution < -0.4 is 10.6 Å². The Balaban J connectivity index is 1.75. The summed E-state index contributed by atoms with van der Waals surface area (Å²) in [7, 11) is 0. The first-order valence-corrected chi connectivity index (χ1v) is 7.42. The second kappa shape index (κ2) is 7.63. The van der Waals surface area contributed by atoms with E-state index in [9.17, 15) is 14.4 Å². The predicted molar refractivity (Wildman–Crippen MR) is 77.1 cm³/mol. The zero-order chi connectivity index (χ0) is 15.9. The molecule has 1 atom stereocenters. The average molecular weight is 308 g/mol. The van der Waals surface area contributed by atoms with Crippen molar-refractivity contribution in [3.8, 4) is 0 Å². The van der Waals surface area contributed by atoms with Crippen molar-refractivity contribution in [3.05, 3.63) is 24.2 Å². The monoisotopic (exact) mass is 308 g/mol. The average Bonchev–Trinajstić information content (AvgIpc) is 3.02. The number of amides is 3. The largest absolute Gasteiger partial charge is 0.457 e. The van der Waals surface area contributed by atoms with Crippen LogP contribution in [-0.2, 0) is 9.53 Å². The number of hydrogen-bond donors (Lipinski definition) is 2. The van der Waals surface area contributed by atoms with E-state index in [-0.39, 0.29) is 11.8 Å². The van der Waals surface area contributed by atoms with Gasteiger partial charge in [0.15, 0.2) is 6.10 Å². The summed E-state index contributed by atoms with van der Waals surface area (Å²) in [5.74, 6) is -1.42. The van der Waals surface area contributed by atoms with E-state index in [2.05, 4.69) is 10.6 Å². The third kappa shape index (κ3) is 4.61. The fraction of sp³-hybridized carbons (Fsp3) is 0.533. The Morgan fingerprint density at radius 1 is 1.27 bits per heavy atom. The Morgan fingerprint density at radius 3 is 2.64 bits per heavy atom. The number of carbonyl (C=O) groups is 3. The highest BCUT2D eigenvalue weighted by molar-refractivity contribution is 5.98. The SMILES string of the molecule is C[C@@H](OC(=O)c1ccco1)C(=O)NC(=O)NC1CCCCC1. The lowest BCUT2D eigenvalue weighted by molar-refractivity contribution is -0.128. The van der Waals surface area contributed by atoms with Gasteiger partial charge in [-0.3, -0.25) is 10.1 Å². The molecule has 0 spiro atoms. The molecule has 1 heterocycles. The Morgan fingerprint density at radius 2 is 2.00 bits per heavy atom. The Kier molecular flexibility index (Phi) is 5.57. The normalized spacial score (nSPS) is 16.6. The molecule has 1 aromatic rings. The van der Waals surface area contributed by atoms with Gasteiger partial charge in [-0.05, 0) is 31.9 Å². The molecule has 0 aromatic carbocycles. The lowest BCUT2D eigenvalue weighted by atomic mass is 9.96. The summed E-state index contributed by atoms with van der Waals surface area (Å²) in [6.45, 7) is 1.39. The van der Waals surface area contributed by atoms with Gasteiger partial charge in [0.1, 0.15) is 0 Å². The molecule has 120 valence electrons. The lowest BCUT2D eigenvalue weighted by Gasteiger charge is -2.23. The molecule has 2 N–H and O–H groups in total. The minimum absolute atomic E-state index is 0.00584. The molecule has 2 rings (SSSR count). The molecule has 1 aromatic heterocycles. The van der Waals surface area contributed by atoms with Gasteiger partial charge in [0.2, 0.25) is 5.76 Å². The second-order valence-corrected chi connectivity index (χ2v) is 5.32. The molecular weight excluding hydrogens is 288 g/mol. The Labute approximate surface area is 128 Å². The van der Waals surface area contributed by atoms with Gasteiger partial charge in [-0.1, -0.05) is 19.3 Å². The molecule has 22 heavy (non-hydrogen) atoms. The molecule has 1 aliphatic rings. The molecule has 3 amide bonds. The molecule has 7 nitrogen and oxygen atoms in total. The number of hydrogen-bond acceptors (Lipinski definition) is 5. The highest BCUT2D eigenvalue weighted by atomic mass is 16.6. The minimum atomic E-state index is -1.09. The fourth-order valence-corrected chi connectivity index (χ4v) is 2.35. The quantitative estimate of drug-likeness (QED) is 0.829. The van der Waals surface area contributed by atoms with Gasteiger partial charge in [0.25, 0.3) is 5.91 Å². The summed E-state index contributed by atoms with van der Waals surface area (Å²) in [4.78, 5) is 35.2. The zero-order valence-electron chi connectivity index (χ0n) is 12.5. The van der Waals surface area contributed by atoms with E-state index in [1.165, 1.54) is 25.7 Å². The number of rotatable bonds is 4. The van der Waals surface area contributed by atoms with Gasteiger partial charge in [0, 0.05) is 6.04 Å². The van der Waals surface area contributed by atoms with Crippen LogP contribution in [-0.4, -0.2) is 30.1 Å². The van der Waals surface area contributed by atoms with Crippen LogP contribution in [0.15, 0.2) is 22.8 Å². The van der Waals surface area contributed by atoms with Gasteiger partial charge in [-0.2, -0.15) is 0 Å². The predicted octanol–water partition coefficient (Wildman–Crippen LogP) is 1.98. The van der Waals surface area contributed by atoms with Crippen LogP contribution in [0.5, 0.6) is 0 Å². The van der Waals surface area contributed by atoms with Gasteiger partial charge >= 0.3 is 12.0 Å². The number of nitrogens with one attached hydrogen (secondary N) is 2. The number of esters is 1.